The van der Waals surface area contributed by atoms with Crippen molar-refractivity contribution in [1.29, 1.82) is 5.26 Å². The predicted molar refractivity (Wildman–Crippen MR) is 132 cm³/mol. The summed E-state index contributed by atoms with van der Waals surface area (Å²) in [6.45, 7) is 13.0. The Kier molecular flexibility index (Phi) is 6.56. The molecule has 2 atom stereocenters. The summed E-state index contributed by atoms with van der Waals surface area (Å²) >= 11 is 0. The molecule has 0 fully saturated rings. The van der Waals surface area contributed by atoms with Crippen molar-refractivity contribution in [3.63, 3.8) is 0 Å². The molecular formula is C26H23N5O2S. The van der Waals surface area contributed by atoms with Gasteiger partial charge < -0.3 is 4.52 Å². The Morgan fingerprint density at radius 1 is 1.18 bits per heavy atom. The number of nitriles is 1. The lowest BCUT2D eigenvalue weighted by Gasteiger charge is -2.26. The molecular weight excluding hydrogens is 446 g/mol. The van der Waals surface area contributed by atoms with Crippen LogP contribution in [0.25, 0.3) is 27.1 Å². The fraction of sp³-hybridized carbons (Fsp3) is 0.231. The first-order chi connectivity index (χ1) is 16.3. The highest BCUT2D eigenvalue weighted by molar-refractivity contribution is 7.84. The summed E-state index contributed by atoms with van der Waals surface area (Å²) in [6.07, 6.45) is 0.423. The number of fused-ring (bicyclic) bond motifs is 1. The van der Waals surface area contributed by atoms with Crippen molar-refractivity contribution in [2.75, 3.05) is 0 Å². The molecule has 2 heterocycles. The van der Waals surface area contributed by atoms with Crippen LogP contribution in [0.3, 0.4) is 0 Å². The number of rotatable bonds is 6. The average Bonchev–Trinajstić information content (AvgIpc) is 3.26. The molecule has 4 aromatic rings. The second kappa shape index (κ2) is 9.56. The van der Waals surface area contributed by atoms with E-state index in [1.807, 2.05) is 57.2 Å². The van der Waals surface area contributed by atoms with Crippen LogP contribution in [-0.2, 0) is 17.4 Å². The molecule has 0 radical (unpaired) electrons. The standard InChI is InChI=1S/C26H23N5O2S/c1-26(2,3)34(32)31-23(14-18-8-7-9-19(16-27)29-18)20-10-5-6-11-21(20)25-22-13-12-17(28-4)15-24(22)33-30-25/h5-13,15,23,31H,14H2,1-3H3/t23-,34-/m0/s1. The van der Waals surface area contributed by atoms with E-state index in [0.29, 0.717) is 34.8 Å². The van der Waals surface area contributed by atoms with Crippen LogP contribution in [0.5, 0.6) is 0 Å². The molecule has 1 N–H and O–H groups in total. The molecule has 4 rings (SSSR count). The van der Waals surface area contributed by atoms with Gasteiger partial charge in [-0.3, -0.25) is 0 Å². The Labute approximate surface area is 200 Å². The minimum Gasteiger partial charge on any atom is -0.357 e. The van der Waals surface area contributed by atoms with Crippen molar-refractivity contribution in [2.24, 2.45) is 0 Å². The Hall–Kier alpha value is -3.85. The summed E-state index contributed by atoms with van der Waals surface area (Å²) < 4.78 is 21.4. The van der Waals surface area contributed by atoms with Crippen molar-refractivity contribution in [3.05, 3.63) is 89.0 Å². The van der Waals surface area contributed by atoms with Gasteiger partial charge in [-0.2, -0.15) is 5.26 Å². The van der Waals surface area contributed by atoms with Gasteiger partial charge in [0.1, 0.15) is 17.5 Å². The third-order valence-electron chi connectivity index (χ3n) is 5.32. The van der Waals surface area contributed by atoms with Crippen LogP contribution < -0.4 is 4.72 Å². The van der Waals surface area contributed by atoms with E-state index in [1.54, 1.807) is 24.3 Å². The highest BCUT2D eigenvalue weighted by Gasteiger charge is 2.27. The van der Waals surface area contributed by atoms with Crippen LogP contribution in [0.15, 0.2) is 65.2 Å². The number of nitrogens with one attached hydrogen (secondary N) is 1. The van der Waals surface area contributed by atoms with Crippen LogP contribution in [0.2, 0.25) is 0 Å². The number of hydrogen-bond acceptors (Lipinski definition) is 5. The van der Waals surface area contributed by atoms with Gasteiger partial charge in [0.15, 0.2) is 11.3 Å². The maximum Gasteiger partial charge on any atom is 0.191 e. The lowest BCUT2D eigenvalue weighted by molar-refractivity contribution is 0.459. The molecule has 0 aliphatic heterocycles. The summed E-state index contributed by atoms with van der Waals surface area (Å²) in [7, 11) is -1.36. The molecule has 0 saturated heterocycles. The first-order valence-electron chi connectivity index (χ1n) is 10.7. The highest BCUT2D eigenvalue weighted by atomic mass is 32.2. The van der Waals surface area contributed by atoms with E-state index in [-0.39, 0.29) is 6.04 Å². The van der Waals surface area contributed by atoms with E-state index in [9.17, 15) is 9.47 Å². The molecule has 8 heteroatoms. The summed E-state index contributed by atoms with van der Waals surface area (Å²) in [5.41, 5.74) is 4.42. The summed E-state index contributed by atoms with van der Waals surface area (Å²) in [4.78, 5) is 7.88. The fourth-order valence-electron chi connectivity index (χ4n) is 3.59. The number of benzene rings is 2. The van der Waals surface area contributed by atoms with Gasteiger partial charge in [0.05, 0.1) is 28.3 Å². The molecule has 0 unspecified atom stereocenters. The van der Waals surface area contributed by atoms with E-state index < -0.39 is 15.7 Å². The molecule has 2 aromatic carbocycles. The molecule has 7 nitrogen and oxygen atoms in total. The second-order valence-corrected chi connectivity index (χ2v) is 10.8. The van der Waals surface area contributed by atoms with E-state index in [0.717, 1.165) is 16.5 Å². The SMILES string of the molecule is [C-]#[N+]c1ccc2c(-c3ccccc3[C@H](Cc3cccc(C#N)n3)N[S@@](=O)C(C)(C)C)noc2c1. The van der Waals surface area contributed by atoms with Gasteiger partial charge in [0.25, 0.3) is 0 Å². The van der Waals surface area contributed by atoms with Crippen LogP contribution in [-0.4, -0.2) is 19.1 Å². The largest absolute Gasteiger partial charge is 0.357 e. The Balaban J connectivity index is 1.82. The minimum atomic E-state index is -1.36. The first kappa shape index (κ1) is 23.3. The molecule has 0 amide bonds. The monoisotopic (exact) mass is 469 g/mol. The molecule has 0 saturated carbocycles. The summed E-state index contributed by atoms with van der Waals surface area (Å²) in [5, 5.41) is 14.4. The molecule has 0 aliphatic rings. The van der Waals surface area contributed by atoms with Crippen LogP contribution in [0.4, 0.5) is 5.69 Å². The molecule has 2 aromatic heterocycles. The van der Waals surface area contributed by atoms with Gasteiger partial charge >= 0.3 is 0 Å². The van der Waals surface area contributed by atoms with Gasteiger partial charge in [0, 0.05) is 23.1 Å². The van der Waals surface area contributed by atoms with Gasteiger partial charge in [-0.1, -0.05) is 47.6 Å². The van der Waals surface area contributed by atoms with Crippen LogP contribution in [0.1, 0.15) is 43.8 Å². The molecule has 34 heavy (non-hydrogen) atoms. The zero-order chi connectivity index (χ0) is 24.3. The van der Waals surface area contributed by atoms with E-state index >= 15 is 0 Å². The summed E-state index contributed by atoms with van der Waals surface area (Å²) in [6, 6.07) is 20.0. The van der Waals surface area contributed by atoms with E-state index in [1.165, 1.54) is 0 Å². The van der Waals surface area contributed by atoms with Crippen molar-refractivity contribution < 1.29 is 8.73 Å². The maximum absolute atomic E-state index is 13.1. The number of pyridine rings is 1. The van der Waals surface area contributed by atoms with Gasteiger partial charge in [-0.15, -0.1) is 0 Å². The first-order valence-corrected chi connectivity index (χ1v) is 11.9. The smallest absolute Gasteiger partial charge is 0.191 e. The molecule has 170 valence electrons. The lowest BCUT2D eigenvalue weighted by Crippen LogP contribution is -2.36. The van der Waals surface area contributed by atoms with E-state index in [2.05, 4.69) is 25.8 Å². The third kappa shape index (κ3) is 4.89. The van der Waals surface area contributed by atoms with Crippen molar-refractivity contribution in [1.82, 2.24) is 14.9 Å². The topological polar surface area (TPSA) is 96.2 Å². The zero-order valence-electron chi connectivity index (χ0n) is 19.1. The molecule has 0 bridgehead atoms. The number of aromatic nitrogens is 2. The fourth-order valence-corrected chi connectivity index (χ4v) is 4.41. The maximum atomic E-state index is 13.1. The van der Waals surface area contributed by atoms with Gasteiger partial charge in [-0.25, -0.2) is 18.8 Å². The third-order valence-corrected chi connectivity index (χ3v) is 6.93. The average molecular weight is 470 g/mol. The van der Waals surface area contributed by atoms with Gasteiger partial charge in [-0.05, 0) is 44.5 Å². The van der Waals surface area contributed by atoms with Crippen molar-refractivity contribution in [2.45, 2.75) is 38.0 Å². The Bertz CT molecular complexity index is 1460. The minimum absolute atomic E-state index is 0.333. The second-order valence-electron chi connectivity index (χ2n) is 8.79. The quantitative estimate of drug-likeness (QED) is 0.368. The van der Waals surface area contributed by atoms with Crippen molar-refractivity contribution >= 4 is 27.6 Å². The zero-order valence-corrected chi connectivity index (χ0v) is 19.9. The van der Waals surface area contributed by atoms with Crippen LogP contribution >= 0.6 is 0 Å². The number of hydrogen-bond donors (Lipinski definition) is 1. The van der Waals surface area contributed by atoms with Crippen LogP contribution in [0, 0.1) is 17.9 Å². The van der Waals surface area contributed by atoms with Crippen molar-refractivity contribution in [3.8, 4) is 17.3 Å². The Morgan fingerprint density at radius 2 is 1.97 bits per heavy atom. The number of nitrogens with zero attached hydrogens (tertiary/aromatic N) is 4. The normalized spacial score (nSPS) is 13.2. The molecule has 0 spiro atoms. The lowest BCUT2D eigenvalue weighted by atomic mass is 9.94. The Morgan fingerprint density at radius 3 is 2.71 bits per heavy atom. The molecule has 0 aliphatic carbocycles. The summed E-state index contributed by atoms with van der Waals surface area (Å²) in [5.74, 6) is 0. The predicted octanol–water partition coefficient (Wildman–Crippen LogP) is 5.65. The highest BCUT2D eigenvalue weighted by Crippen LogP contribution is 2.35. The van der Waals surface area contributed by atoms with E-state index in [4.69, 9.17) is 11.1 Å². The van der Waals surface area contributed by atoms with Gasteiger partial charge in [0.2, 0.25) is 0 Å².